The summed E-state index contributed by atoms with van der Waals surface area (Å²) in [6.07, 6.45) is 9.99. The molecule has 0 spiro atoms. The lowest BCUT2D eigenvalue weighted by atomic mass is 9.89. The highest BCUT2D eigenvalue weighted by atomic mass is 16.1. The number of carbonyl (C=O) groups is 1. The van der Waals surface area contributed by atoms with Crippen LogP contribution in [0.25, 0.3) is 0 Å². The molecule has 1 nitrogen and oxygen atoms in total. The zero-order chi connectivity index (χ0) is 8.97. The maximum atomic E-state index is 11.4. The van der Waals surface area contributed by atoms with Gasteiger partial charge in [-0.1, -0.05) is 12.8 Å². The average molecular weight is 162 g/mol. The molecule has 1 heteroatoms. The zero-order valence-corrected chi connectivity index (χ0v) is 7.52. The molecule has 64 valence electrons. The van der Waals surface area contributed by atoms with Gasteiger partial charge in [-0.05, 0) is 25.7 Å². The molecule has 1 rings (SSSR count). The van der Waals surface area contributed by atoms with Crippen molar-refractivity contribution >= 4 is 5.78 Å². The van der Waals surface area contributed by atoms with E-state index in [9.17, 15) is 4.79 Å². The summed E-state index contributed by atoms with van der Waals surface area (Å²) in [6, 6.07) is 0. The van der Waals surface area contributed by atoms with Crippen molar-refractivity contribution in [2.24, 2.45) is 0 Å². The minimum Gasteiger partial charge on any atom is -0.295 e. The number of hydrogen-bond acceptors (Lipinski definition) is 1. The molecule has 0 fully saturated rings. The predicted octanol–water partition coefficient (Wildman–Crippen LogP) is 2.47. The van der Waals surface area contributed by atoms with Gasteiger partial charge in [0.15, 0.2) is 5.78 Å². The summed E-state index contributed by atoms with van der Waals surface area (Å²) in [5.41, 5.74) is 1.87. The van der Waals surface area contributed by atoms with Crippen molar-refractivity contribution in [1.82, 2.24) is 0 Å². The zero-order valence-electron chi connectivity index (χ0n) is 7.52. The Morgan fingerprint density at radius 1 is 1.50 bits per heavy atom. The molecule has 0 aromatic rings. The Hall–Kier alpha value is -1.03. The van der Waals surface area contributed by atoms with Crippen LogP contribution < -0.4 is 0 Å². The maximum absolute atomic E-state index is 11.4. The van der Waals surface area contributed by atoms with E-state index in [-0.39, 0.29) is 5.78 Å². The smallest absolute Gasteiger partial charge is 0.159 e. The van der Waals surface area contributed by atoms with Crippen molar-refractivity contribution in [3.8, 4) is 12.3 Å². The first kappa shape index (κ1) is 9.06. The second-order valence-corrected chi connectivity index (χ2v) is 3.09. The summed E-state index contributed by atoms with van der Waals surface area (Å²) >= 11 is 0. The Morgan fingerprint density at radius 2 is 2.17 bits per heavy atom. The van der Waals surface area contributed by atoms with Gasteiger partial charge in [-0.15, -0.1) is 6.42 Å². The molecule has 0 aliphatic heterocycles. The van der Waals surface area contributed by atoms with Crippen LogP contribution in [-0.2, 0) is 4.79 Å². The topological polar surface area (TPSA) is 17.1 Å². The molecular formula is C11H14O. The van der Waals surface area contributed by atoms with Gasteiger partial charge < -0.3 is 0 Å². The van der Waals surface area contributed by atoms with Gasteiger partial charge in [-0.2, -0.15) is 0 Å². The van der Waals surface area contributed by atoms with Crippen molar-refractivity contribution in [3.05, 3.63) is 11.1 Å². The Bertz CT molecular complexity index is 253. The number of terminal acetylenes is 1. The summed E-state index contributed by atoms with van der Waals surface area (Å²) in [7, 11) is 0. The number of carbonyl (C=O) groups excluding carboxylic acids is 1. The van der Waals surface area contributed by atoms with E-state index in [2.05, 4.69) is 5.92 Å². The maximum Gasteiger partial charge on any atom is 0.159 e. The molecule has 0 aromatic carbocycles. The van der Waals surface area contributed by atoms with Gasteiger partial charge in [-0.25, -0.2) is 0 Å². The summed E-state index contributed by atoms with van der Waals surface area (Å²) in [4.78, 5) is 11.4. The highest BCUT2D eigenvalue weighted by Crippen LogP contribution is 2.25. The lowest BCUT2D eigenvalue weighted by molar-refractivity contribution is -0.115. The first-order chi connectivity index (χ1) is 5.79. The van der Waals surface area contributed by atoms with Crippen molar-refractivity contribution in [2.45, 2.75) is 39.0 Å². The molecule has 12 heavy (non-hydrogen) atoms. The SMILES string of the molecule is C#CC1=C(C(=O)CC)CCCC1. The summed E-state index contributed by atoms with van der Waals surface area (Å²) in [6.45, 7) is 1.89. The fraction of sp³-hybridized carbons (Fsp3) is 0.545. The normalized spacial score (nSPS) is 17.3. The molecule has 0 heterocycles. The predicted molar refractivity (Wildman–Crippen MR) is 49.6 cm³/mol. The van der Waals surface area contributed by atoms with E-state index in [1.807, 2.05) is 6.92 Å². The van der Waals surface area contributed by atoms with E-state index in [0.29, 0.717) is 6.42 Å². The number of Topliss-reactive ketones (excluding diaryl/α,β-unsaturated/α-hetero) is 1. The second-order valence-electron chi connectivity index (χ2n) is 3.09. The standard InChI is InChI=1S/C11H14O/c1-3-9-7-5-6-8-10(9)11(12)4-2/h1H,4-8H2,2H3. The molecule has 0 atom stereocenters. The summed E-state index contributed by atoms with van der Waals surface area (Å²) in [5, 5.41) is 0. The Morgan fingerprint density at radius 3 is 2.75 bits per heavy atom. The molecule has 0 unspecified atom stereocenters. The molecular weight excluding hydrogens is 148 g/mol. The third-order valence-electron chi connectivity index (χ3n) is 2.30. The van der Waals surface area contributed by atoms with Gasteiger partial charge in [0.25, 0.3) is 0 Å². The molecule has 0 radical (unpaired) electrons. The van der Waals surface area contributed by atoms with Crippen molar-refractivity contribution in [1.29, 1.82) is 0 Å². The molecule has 0 aromatic heterocycles. The minimum absolute atomic E-state index is 0.239. The molecule has 0 amide bonds. The van der Waals surface area contributed by atoms with Crippen LogP contribution in [-0.4, -0.2) is 5.78 Å². The molecule has 0 N–H and O–H groups in total. The van der Waals surface area contributed by atoms with Gasteiger partial charge in [0, 0.05) is 17.6 Å². The average Bonchev–Trinajstić information content (AvgIpc) is 2.16. The van der Waals surface area contributed by atoms with E-state index in [4.69, 9.17) is 6.42 Å². The van der Waals surface area contributed by atoms with Gasteiger partial charge in [0.2, 0.25) is 0 Å². The van der Waals surface area contributed by atoms with Gasteiger partial charge >= 0.3 is 0 Å². The first-order valence-corrected chi connectivity index (χ1v) is 4.51. The molecule has 0 saturated carbocycles. The van der Waals surface area contributed by atoms with Crippen LogP contribution in [0.1, 0.15) is 39.0 Å². The van der Waals surface area contributed by atoms with E-state index < -0.39 is 0 Å². The van der Waals surface area contributed by atoms with Crippen LogP contribution in [0.15, 0.2) is 11.1 Å². The third-order valence-corrected chi connectivity index (χ3v) is 2.30. The first-order valence-electron chi connectivity index (χ1n) is 4.51. The van der Waals surface area contributed by atoms with Gasteiger partial charge in [0.1, 0.15) is 0 Å². The Balaban J connectivity index is 2.89. The van der Waals surface area contributed by atoms with Crippen LogP contribution >= 0.6 is 0 Å². The second kappa shape index (κ2) is 4.11. The lowest BCUT2D eigenvalue weighted by Gasteiger charge is -2.14. The fourth-order valence-electron chi connectivity index (χ4n) is 1.59. The lowest BCUT2D eigenvalue weighted by Crippen LogP contribution is -2.08. The third kappa shape index (κ3) is 1.76. The van der Waals surface area contributed by atoms with E-state index in [1.165, 1.54) is 0 Å². The van der Waals surface area contributed by atoms with Crippen LogP contribution in [0.3, 0.4) is 0 Å². The number of allylic oxidation sites excluding steroid dienone is 2. The molecule has 1 aliphatic carbocycles. The summed E-state index contributed by atoms with van der Waals surface area (Å²) < 4.78 is 0. The number of hydrogen-bond donors (Lipinski definition) is 0. The minimum atomic E-state index is 0.239. The molecule has 0 saturated heterocycles. The Labute approximate surface area is 73.9 Å². The van der Waals surface area contributed by atoms with Gasteiger partial charge in [0.05, 0.1) is 0 Å². The van der Waals surface area contributed by atoms with E-state index >= 15 is 0 Å². The number of ketones is 1. The van der Waals surface area contributed by atoms with Crippen LogP contribution in [0, 0.1) is 12.3 Å². The highest BCUT2D eigenvalue weighted by molar-refractivity contribution is 5.96. The highest BCUT2D eigenvalue weighted by Gasteiger charge is 2.15. The van der Waals surface area contributed by atoms with E-state index in [1.54, 1.807) is 0 Å². The quantitative estimate of drug-likeness (QED) is 0.570. The molecule has 0 bridgehead atoms. The molecule has 1 aliphatic rings. The van der Waals surface area contributed by atoms with Crippen molar-refractivity contribution in [3.63, 3.8) is 0 Å². The summed E-state index contributed by atoms with van der Waals surface area (Å²) in [5.74, 6) is 2.87. The fourth-order valence-corrected chi connectivity index (χ4v) is 1.59. The van der Waals surface area contributed by atoms with Crippen LogP contribution in [0.2, 0.25) is 0 Å². The number of rotatable bonds is 2. The van der Waals surface area contributed by atoms with Crippen molar-refractivity contribution < 1.29 is 4.79 Å². The monoisotopic (exact) mass is 162 g/mol. The largest absolute Gasteiger partial charge is 0.295 e. The van der Waals surface area contributed by atoms with Crippen molar-refractivity contribution in [2.75, 3.05) is 0 Å². The van der Waals surface area contributed by atoms with E-state index in [0.717, 1.165) is 36.8 Å². The Kier molecular flexibility index (Phi) is 3.10. The van der Waals surface area contributed by atoms with Gasteiger partial charge in [-0.3, -0.25) is 4.79 Å². The van der Waals surface area contributed by atoms with Crippen LogP contribution in [0.4, 0.5) is 0 Å². The van der Waals surface area contributed by atoms with Crippen LogP contribution in [0.5, 0.6) is 0 Å².